The molecule has 0 aliphatic heterocycles. The highest BCUT2D eigenvalue weighted by Gasteiger charge is 2.12. The zero-order chi connectivity index (χ0) is 20.2. The van der Waals surface area contributed by atoms with Crippen molar-refractivity contribution in [3.8, 4) is 17.1 Å². The lowest BCUT2D eigenvalue weighted by molar-refractivity contribution is 0.306. The van der Waals surface area contributed by atoms with Gasteiger partial charge in [-0.3, -0.25) is 4.79 Å². The van der Waals surface area contributed by atoms with Crippen LogP contribution in [0.1, 0.15) is 31.7 Å². The predicted octanol–water partition coefficient (Wildman–Crippen LogP) is 4.70. The molecule has 148 valence electrons. The highest BCUT2D eigenvalue weighted by atomic mass is 79.9. The lowest BCUT2D eigenvalue weighted by atomic mass is 10.2. The molecule has 0 unspecified atom stereocenters. The van der Waals surface area contributed by atoms with Gasteiger partial charge in [-0.25, -0.2) is 0 Å². The van der Waals surface area contributed by atoms with Crippen LogP contribution in [0.15, 0.2) is 57.8 Å². The van der Waals surface area contributed by atoms with E-state index in [4.69, 9.17) is 4.74 Å². The number of fused-ring (bicyclic) bond motifs is 1. The van der Waals surface area contributed by atoms with Crippen LogP contribution in [0.2, 0.25) is 0 Å². The van der Waals surface area contributed by atoms with Gasteiger partial charge in [-0.1, -0.05) is 59.2 Å². The number of benzene rings is 2. The second kappa shape index (κ2) is 8.88. The summed E-state index contributed by atoms with van der Waals surface area (Å²) in [6.45, 7) is 2.90. The number of nitrogens with zero attached hydrogens (tertiary/aromatic N) is 3. The largest absolute Gasteiger partial charge is 0.494 e. The predicted molar refractivity (Wildman–Crippen MR) is 121 cm³/mol. The molecule has 0 atom stereocenters. The summed E-state index contributed by atoms with van der Waals surface area (Å²) in [7, 11) is 0. The minimum absolute atomic E-state index is 0.150. The van der Waals surface area contributed by atoms with Gasteiger partial charge in [0.2, 0.25) is 4.96 Å². The molecule has 0 saturated carbocycles. The molecule has 2 heterocycles. The fourth-order valence-electron chi connectivity index (χ4n) is 2.91. The maximum absolute atomic E-state index is 12.7. The summed E-state index contributed by atoms with van der Waals surface area (Å²) >= 11 is 4.76. The monoisotopic (exact) mass is 469 g/mol. The third kappa shape index (κ3) is 4.57. The van der Waals surface area contributed by atoms with Crippen LogP contribution < -0.4 is 14.8 Å². The molecule has 4 rings (SSSR count). The molecule has 2 aromatic carbocycles. The van der Waals surface area contributed by atoms with E-state index in [9.17, 15) is 4.79 Å². The van der Waals surface area contributed by atoms with Gasteiger partial charge >= 0.3 is 0 Å². The van der Waals surface area contributed by atoms with Crippen LogP contribution in [-0.2, 0) is 0 Å². The Hall–Kier alpha value is -2.51. The average Bonchev–Trinajstić information content (AvgIpc) is 3.27. The van der Waals surface area contributed by atoms with Gasteiger partial charge in [-0.15, -0.1) is 5.10 Å². The molecule has 0 aliphatic carbocycles. The lowest BCUT2D eigenvalue weighted by Gasteiger charge is -2.05. The number of aromatic nitrogens is 3. The average molecular weight is 470 g/mol. The van der Waals surface area contributed by atoms with Gasteiger partial charge < -0.3 is 4.74 Å². The molecule has 4 aromatic rings. The zero-order valence-corrected chi connectivity index (χ0v) is 18.4. The van der Waals surface area contributed by atoms with Crippen molar-refractivity contribution < 1.29 is 4.74 Å². The Morgan fingerprint density at radius 3 is 2.55 bits per heavy atom. The molecule has 0 fully saturated rings. The zero-order valence-electron chi connectivity index (χ0n) is 16.0. The minimum Gasteiger partial charge on any atom is -0.494 e. The van der Waals surface area contributed by atoms with Crippen molar-refractivity contribution >= 4 is 38.3 Å². The molecule has 0 spiro atoms. The first-order chi connectivity index (χ1) is 14.1. The molecule has 0 aliphatic rings. The van der Waals surface area contributed by atoms with Crippen molar-refractivity contribution in [2.45, 2.75) is 26.2 Å². The van der Waals surface area contributed by atoms with E-state index >= 15 is 0 Å². The van der Waals surface area contributed by atoms with Crippen LogP contribution in [0.3, 0.4) is 0 Å². The first-order valence-corrected chi connectivity index (χ1v) is 11.1. The van der Waals surface area contributed by atoms with Crippen molar-refractivity contribution in [1.29, 1.82) is 0 Å². The van der Waals surface area contributed by atoms with E-state index in [1.54, 1.807) is 0 Å². The summed E-state index contributed by atoms with van der Waals surface area (Å²) in [4.78, 5) is 17.8. The van der Waals surface area contributed by atoms with Crippen LogP contribution >= 0.6 is 27.3 Å². The smallest absolute Gasteiger partial charge is 0.291 e. The molecule has 2 aromatic heterocycles. The normalized spacial score (nSPS) is 12.0. The Bertz CT molecular complexity index is 1210. The Labute approximate surface area is 180 Å². The standard InChI is InChI=1S/C22H20BrN3O2S/c1-2-3-4-13-28-18-11-7-16(8-12-18)20-24-22-26(25-20)21(27)19(29-22)14-15-5-9-17(23)10-6-15/h5-12,14H,2-4,13H2,1H3. The number of hydrogen-bond acceptors (Lipinski definition) is 5. The maximum Gasteiger partial charge on any atom is 0.291 e. The van der Waals surface area contributed by atoms with Gasteiger partial charge in [-0.2, -0.15) is 9.50 Å². The van der Waals surface area contributed by atoms with Gasteiger partial charge in [0, 0.05) is 10.0 Å². The van der Waals surface area contributed by atoms with Crippen LogP contribution in [0, 0.1) is 0 Å². The lowest BCUT2D eigenvalue weighted by Crippen LogP contribution is -2.23. The Kier molecular flexibility index (Phi) is 6.06. The first-order valence-electron chi connectivity index (χ1n) is 9.54. The molecule has 7 heteroatoms. The molecule has 0 amide bonds. The summed E-state index contributed by atoms with van der Waals surface area (Å²) in [5, 5.41) is 4.41. The fraction of sp³-hybridized carbons (Fsp3) is 0.227. The van der Waals surface area contributed by atoms with Crippen LogP contribution in [0.25, 0.3) is 22.4 Å². The molecular weight excluding hydrogens is 450 g/mol. The van der Waals surface area contributed by atoms with E-state index in [0.29, 0.717) is 15.3 Å². The number of thiazole rings is 1. The van der Waals surface area contributed by atoms with E-state index < -0.39 is 0 Å². The number of rotatable bonds is 7. The van der Waals surface area contributed by atoms with Crippen molar-refractivity contribution in [1.82, 2.24) is 14.6 Å². The number of halogens is 1. The number of unbranched alkanes of at least 4 members (excludes halogenated alkanes) is 2. The van der Waals surface area contributed by atoms with E-state index in [-0.39, 0.29) is 5.56 Å². The van der Waals surface area contributed by atoms with Gasteiger partial charge in [0.1, 0.15) is 5.75 Å². The molecule has 0 radical (unpaired) electrons. The topological polar surface area (TPSA) is 56.5 Å². The number of hydrogen-bond donors (Lipinski definition) is 0. The summed E-state index contributed by atoms with van der Waals surface area (Å²) < 4.78 is 8.73. The molecule has 5 nitrogen and oxygen atoms in total. The Balaban J connectivity index is 1.55. The van der Waals surface area contributed by atoms with E-state index in [1.165, 1.54) is 28.7 Å². The first kappa shape index (κ1) is 19.8. The Morgan fingerprint density at radius 2 is 1.86 bits per heavy atom. The summed E-state index contributed by atoms with van der Waals surface area (Å²) in [6, 6.07) is 15.5. The Morgan fingerprint density at radius 1 is 1.10 bits per heavy atom. The van der Waals surface area contributed by atoms with Gasteiger partial charge in [0.15, 0.2) is 5.82 Å². The summed E-state index contributed by atoms with van der Waals surface area (Å²) in [5.74, 6) is 1.38. The second-order valence-electron chi connectivity index (χ2n) is 6.68. The molecule has 0 N–H and O–H groups in total. The third-order valence-corrected chi connectivity index (χ3v) is 5.97. The molecule has 29 heavy (non-hydrogen) atoms. The summed E-state index contributed by atoms with van der Waals surface area (Å²) in [5.41, 5.74) is 1.67. The molecule has 0 saturated heterocycles. The summed E-state index contributed by atoms with van der Waals surface area (Å²) in [6.07, 6.45) is 5.27. The minimum atomic E-state index is -0.150. The van der Waals surface area contributed by atoms with Gasteiger partial charge in [0.05, 0.1) is 11.1 Å². The van der Waals surface area contributed by atoms with Crippen molar-refractivity contribution in [2.75, 3.05) is 6.61 Å². The van der Waals surface area contributed by atoms with E-state index in [0.717, 1.165) is 34.4 Å². The molecule has 0 bridgehead atoms. The van der Waals surface area contributed by atoms with Crippen molar-refractivity contribution in [3.05, 3.63) is 73.5 Å². The van der Waals surface area contributed by atoms with Gasteiger partial charge in [0.25, 0.3) is 5.56 Å². The highest BCUT2D eigenvalue weighted by molar-refractivity contribution is 9.10. The van der Waals surface area contributed by atoms with Gasteiger partial charge in [-0.05, 0) is 54.5 Å². The number of ether oxygens (including phenoxy) is 1. The van der Waals surface area contributed by atoms with Crippen molar-refractivity contribution in [3.63, 3.8) is 0 Å². The molecular formula is C22H20BrN3O2S. The maximum atomic E-state index is 12.7. The fourth-order valence-corrected chi connectivity index (χ4v) is 4.08. The second-order valence-corrected chi connectivity index (χ2v) is 8.60. The van der Waals surface area contributed by atoms with E-state index in [1.807, 2.05) is 54.6 Å². The van der Waals surface area contributed by atoms with Crippen LogP contribution in [0.4, 0.5) is 0 Å². The van der Waals surface area contributed by atoms with E-state index in [2.05, 4.69) is 32.9 Å². The quantitative estimate of drug-likeness (QED) is 0.368. The van der Waals surface area contributed by atoms with Crippen molar-refractivity contribution in [2.24, 2.45) is 0 Å². The van der Waals surface area contributed by atoms with Crippen LogP contribution in [0.5, 0.6) is 5.75 Å². The van der Waals surface area contributed by atoms with Crippen LogP contribution in [-0.4, -0.2) is 21.2 Å². The third-order valence-electron chi connectivity index (χ3n) is 4.48. The SMILES string of the molecule is CCCCCOc1ccc(-c2nc3sc(=Cc4ccc(Br)cc4)c(=O)n3n2)cc1. The highest BCUT2D eigenvalue weighted by Crippen LogP contribution is 2.21.